The zero-order chi connectivity index (χ0) is 10.7. The highest BCUT2D eigenvalue weighted by Gasteiger charge is 2.10. The highest BCUT2D eigenvalue weighted by atomic mass is 15.2. The highest BCUT2D eigenvalue weighted by Crippen LogP contribution is 2.17. The molecule has 0 aromatic carbocycles. The molecule has 0 fully saturated rings. The van der Waals surface area contributed by atoms with E-state index in [1.165, 1.54) is 12.7 Å². The van der Waals surface area contributed by atoms with Crippen molar-refractivity contribution < 1.29 is 0 Å². The predicted molar refractivity (Wildman–Crippen MR) is 56.5 cm³/mol. The van der Waals surface area contributed by atoms with Gasteiger partial charge in [0.2, 0.25) is 5.65 Å². The molecule has 0 N–H and O–H groups in total. The summed E-state index contributed by atoms with van der Waals surface area (Å²) in [7, 11) is 0. The van der Waals surface area contributed by atoms with E-state index in [1.54, 1.807) is 0 Å². The quantitative estimate of drug-likeness (QED) is 0.731. The van der Waals surface area contributed by atoms with Crippen LogP contribution in [-0.4, -0.2) is 38.2 Å². The molecule has 0 aliphatic carbocycles. The van der Waals surface area contributed by atoms with Crippen LogP contribution in [0.5, 0.6) is 0 Å². The van der Waals surface area contributed by atoms with Gasteiger partial charge in [-0.05, 0) is 13.8 Å². The average Bonchev–Trinajstić information content (AvgIpc) is 2.31. The molecule has 0 bridgehead atoms. The number of fused-ring (bicyclic) bond motifs is 1. The zero-order valence-corrected chi connectivity index (χ0v) is 8.75. The topological polar surface area (TPSA) is 67.7 Å². The lowest BCUT2D eigenvalue weighted by molar-refractivity contribution is 0.842. The first-order valence-corrected chi connectivity index (χ1v) is 4.90. The van der Waals surface area contributed by atoms with Crippen LogP contribution in [0.4, 0.5) is 5.82 Å². The van der Waals surface area contributed by atoms with Crippen LogP contribution in [0.25, 0.3) is 11.2 Å². The first-order valence-electron chi connectivity index (χ1n) is 4.90. The molecule has 0 spiro atoms. The van der Waals surface area contributed by atoms with Gasteiger partial charge in [-0.1, -0.05) is 0 Å². The summed E-state index contributed by atoms with van der Waals surface area (Å²) in [5, 5.41) is 7.60. The van der Waals surface area contributed by atoms with E-state index in [0.29, 0.717) is 11.2 Å². The van der Waals surface area contributed by atoms with Crippen LogP contribution >= 0.6 is 0 Å². The fraction of sp³-hybridized carbons (Fsp3) is 0.444. The van der Waals surface area contributed by atoms with Gasteiger partial charge in [0.1, 0.15) is 12.7 Å². The van der Waals surface area contributed by atoms with Crippen LogP contribution < -0.4 is 4.90 Å². The van der Waals surface area contributed by atoms with E-state index in [1.807, 2.05) is 0 Å². The molecule has 0 aliphatic rings. The van der Waals surface area contributed by atoms with Crippen LogP contribution in [-0.2, 0) is 0 Å². The monoisotopic (exact) mass is 204 g/mol. The second-order valence-corrected chi connectivity index (χ2v) is 3.00. The van der Waals surface area contributed by atoms with E-state index in [2.05, 4.69) is 43.9 Å². The Hall–Kier alpha value is -1.85. The Morgan fingerprint density at radius 3 is 2.60 bits per heavy atom. The van der Waals surface area contributed by atoms with Gasteiger partial charge in [-0.25, -0.2) is 15.0 Å². The zero-order valence-electron chi connectivity index (χ0n) is 8.75. The summed E-state index contributed by atoms with van der Waals surface area (Å²) in [4.78, 5) is 14.5. The maximum Gasteiger partial charge on any atom is 0.205 e. The molecule has 15 heavy (non-hydrogen) atoms. The van der Waals surface area contributed by atoms with Gasteiger partial charge in [0, 0.05) is 13.1 Å². The molecule has 2 aromatic rings. The van der Waals surface area contributed by atoms with Crippen molar-refractivity contribution in [2.24, 2.45) is 0 Å². The molecule has 0 atom stereocenters. The first-order chi connectivity index (χ1) is 7.36. The predicted octanol–water partition coefficient (Wildman–Crippen LogP) is 0.661. The Morgan fingerprint density at radius 2 is 1.87 bits per heavy atom. The third-order valence-corrected chi connectivity index (χ3v) is 2.24. The number of nitrogens with zero attached hydrogens (tertiary/aromatic N) is 6. The van der Waals surface area contributed by atoms with Crippen molar-refractivity contribution in [3.63, 3.8) is 0 Å². The van der Waals surface area contributed by atoms with Crippen LogP contribution in [0.15, 0.2) is 12.7 Å². The van der Waals surface area contributed by atoms with Crippen molar-refractivity contribution in [1.29, 1.82) is 0 Å². The van der Waals surface area contributed by atoms with Crippen molar-refractivity contribution in [2.75, 3.05) is 18.0 Å². The molecular weight excluding hydrogens is 192 g/mol. The SMILES string of the molecule is CCN(CC)c1ncnc2nncnc12. The number of aromatic nitrogens is 5. The lowest BCUT2D eigenvalue weighted by Gasteiger charge is -2.19. The molecule has 0 aliphatic heterocycles. The lowest BCUT2D eigenvalue weighted by atomic mass is 10.4. The van der Waals surface area contributed by atoms with Gasteiger partial charge in [0.15, 0.2) is 11.3 Å². The fourth-order valence-electron chi connectivity index (χ4n) is 1.47. The van der Waals surface area contributed by atoms with Crippen LogP contribution in [0.3, 0.4) is 0 Å². The van der Waals surface area contributed by atoms with E-state index in [9.17, 15) is 0 Å². The summed E-state index contributed by atoms with van der Waals surface area (Å²) in [5.41, 5.74) is 1.24. The Balaban J connectivity index is 2.59. The molecule has 2 rings (SSSR count). The first kappa shape index (κ1) is 9.70. The molecule has 6 heteroatoms. The molecule has 0 unspecified atom stereocenters. The standard InChI is InChI=1S/C9H12N6/c1-3-15(4-2)9-7-8(11-5-12-9)14-13-6-10-7/h5-6H,3-4H2,1-2H3. The van der Waals surface area contributed by atoms with Gasteiger partial charge in [-0.3, -0.25) is 0 Å². The molecule has 6 nitrogen and oxygen atoms in total. The van der Waals surface area contributed by atoms with Crippen molar-refractivity contribution in [3.05, 3.63) is 12.7 Å². The Labute approximate surface area is 87.4 Å². The summed E-state index contributed by atoms with van der Waals surface area (Å²) in [5.74, 6) is 0.819. The molecule has 0 amide bonds. The normalized spacial score (nSPS) is 10.5. The van der Waals surface area contributed by atoms with Gasteiger partial charge in [0.05, 0.1) is 0 Å². The molecular formula is C9H12N6. The van der Waals surface area contributed by atoms with Crippen LogP contribution in [0, 0.1) is 0 Å². The smallest absolute Gasteiger partial charge is 0.205 e. The summed E-state index contributed by atoms with van der Waals surface area (Å²) >= 11 is 0. The average molecular weight is 204 g/mol. The molecule has 78 valence electrons. The molecule has 0 saturated heterocycles. The summed E-state index contributed by atoms with van der Waals surface area (Å²) < 4.78 is 0. The van der Waals surface area contributed by atoms with Crippen LogP contribution in [0.1, 0.15) is 13.8 Å². The minimum Gasteiger partial charge on any atom is -0.355 e. The van der Waals surface area contributed by atoms with Gasteiger partial charge < -0.3 is 4.90 Å². The van der Waals surface area contributed by atoms with Gasteiger partial charge >= 0.3 is 0 Å². The second-order valence-electron chi connectivity index (χ2n) is 3.00. The Bertz CT molecular complexity index is 448. The molecule has 0 radical (unpaired) electrons. The van der Waals surface area contributed by atoms with Gasteiger partial charge in [-0.15, -0.1) is 10.2 Å². The minimum absolute atomic E-state index is 0.536. The number of anilines is 1. The van der Waals surface area contributed by atoms with E-state index in [0.717, 1.165) is 18.9 Å². The minimum atomic E-state index is 0.536. The van der Waals surface area contributed by atoms with E-state index < -0.39 is 0 Å². The molecule has 2 aromatic heterocycles. The van der Waals surface area contributed by atoms with Gasteiger partial charge in [-0.2, -0.15) is 0 Å². The van der Waals surface area contributed by atoms with E-state index >= 15 is 0 Å². The van der Waals surface area contributed by atoms with Crippen LogP contribution in [0.2, 0.25) is 0 Å². The summed E-state index contributed by atoms with van der Waals surface area (Å²) in [6, 6.07) is 0. The Morgan fingerprint density at radius 1 is 1.07 bits per heavy atom. The second kappa shape index (κ2) is 4.12. The maximum atomic E-state index is 4.23. The van der Waals surface area contributed by atoms with E-state index in [4.69, 9.17) is 0 Å². The summed E-state index contributed by atoms with van der Waals surface area (Å²) in [6.45, 7) is 5.91. The maximum absolute atomic E-state index is 4.23. The third kappa shape index (κ3) is 1.70. The van der Waals surface area contributed by atoms with Crippen molar-refractivity contribution in [1.82, 2.24) is 25.1 Å². The number of hydrogen-bond acceptors (Lipinski definition) is 6. The fourth-order valence-corrected chi connectivity index (χ4v) is 1.47. The largest absolute Gasteiger partial charge is 0.355 e. The number of hydrogen-bond donors (Lipinski definition) is 0. The van der Waals surface area contributed by atoms with Crippen molar-refractivity contribution in [3.8, 4) is 0 Å². The van der Waals surface area contributed by atoms with E-state index in [-0.39, 0.29) is 0 Å². The van der Waals surface area contributed by atoms with Crippen molar-refractivity contribution in [2.45, 2.75) is 13.8 Å². The molecule has 0 saturated carbocycles. The van der Waals surface area contributed by atoms with Gasteiger partial charge in [0.25, 0.3) is 0 Å². The molecule has 2 heterocycles. The third-order valence-electron chi connectivity index (χ3n) is 2.24. The summed E-state index contributed by atoms with van der Waals surface area (Å²) in [6.07, 6.45) is 2.91. The lowest BCUT2D eigenvalue weighted by Crippen LogP contribution is -2.23. The highest BCUT2D eigenvalue weighted by molar-refractivity contribution is 5.81. The van der Waals surface area contributed by atoms with Crippen molar-refractivity contribution >= 4 is 17.0 Å². The number of rotatable bonds is 3. The Kier molecular flexibility index (Phi) is 2.66.